The van der Waals surface area contributed by atoms with E-state index in [1.54, 1.807) is 7.11 Å². The van der Waals surface area contributed by atoms with E-state index in [0.29, 0.717) is 13.1 Å². The van der Waals surface area contributed by atoms with Gasteiger partial charge in [0.15, 0.2) is 0 Å². The molecule has 1 aromatic rings. The number of hydrogen-bond donors (Lipinski definition) is 1. The molecule has 2 rings (SSSR count). The van der Waals surface area contributed by atoms with E-state index in [4.69, 9.17) is 9.84 Å². The van der Waals surface area contributed by atoms with Crippen molar-refractivity contribution in [3.63, 3.8) is 0 Å². The number of amides is 1. The van der Waals surface area contributed by atoms with Crippen LogP contribution in [-0.4, -0.2) is 29.8 Å². The average molecular weight is 286 g/mol. The van der Waals surface area contributed by atoms with Crippen LogP contribution in [0.4, 0.5) is 4.79 Å². The molecule has 0 aromatic heterocycles. The topological polar surface area (TPSA) is 49.8 Å². The molecule has 0 saturated heterocycles. The number of hydrogen-bond acceptors (Lipinski definition) is 2. The molecule has 0 atom stereocenters. The monoisotopic (exact) mass is 285 g/mol. The van der Waals surface area contributed by atoms with Crippen molar-refractivity contribution >= 4 is 22.0 Å². The Morgan fingerprint density at radius 1 is 1.50 bits per heavy atom. The highest BCUT2D eigenvalue weighted by Crippen LogP contribution is 2.33. The number of carbonyl (C=O) groups is 1. The summed E-state index contributed by atoms with van der Waals surface area (Å²) in [4.78, 5) is 12.3. The van der Waals surface area contributed by atoms with Gasteiger partial charge in [0.2, 0.25) is 0 Å². The van der Waals surface area contributed by atoms with Crippen LogP contribution >= 0.6 is 15.9 Å². The maximum Gasteiger partial charge on any atom is 0.407 e. The molecule has 1 N–H and O–H groups in total. The maximum atomic E-state index is 10.9. The van der Waals surface area contributed by atoms with Crippen LogP contribution in [0.2, 0.25) is 0 Å². The van der Waals surface area contributed by atoms with Crippen LogP contribution < -0.4 is 4.74 Å². The average Bonchev–Trinajstić information content (AvgIpc) is 2.29. The smallest absolute Gasteiger partial charge is 0.407 e. The maximum absolute atomic E-state index is 10.9. The molecule has 86 valence electrons. The SMILES string of the molecule is COc1ccc(Br)c2c1CN(C(=O)O)CC2. The summed E-state index contributed by atoms with van der Waals surface area (Å²) in [5, 5.41) is 8.97. The van der Waals surface area contributed by atoms with Crippen molar-refractivity contribution in [2.24, 2.45) is 0 Å². The third-order valence-electron chi connectivity index (χ3n) is 2.80. The number of carboxylic acid groups (broad SMARTS) is 1. The van der Waals surface area contributed by atoms with Gasteiger partial charge < -0.3 is 14.7 Å². The van der Waals surface area contributed by atoms with Crippen molar-refractivity contribution in [1.29, 1.82) is 0 Å². The lowest BCUT2D eigenvalue weighted by Gasteiger charge is -2.28. The molecule has 16 heavy (non-hydrogen) atoms. The number of benzene rings is 1. The number of rotatable bonds is 1. The van der Waals surface area contributed by atoms with Crippen LogP contribution in [0.5, 0.6) is 5.75 Å². The van der Waals surface area contributed by atoms with E-state index in [1.165, 1.54) is 4.90 Å². The Balaban J connectivity index is 2.42. The first kappa shape index (κ1) is 11.3. The van der Waals surface area contributed by atoms with Gasteiger partial charge in [0.25, 0.3) is 0 Å². The highest BCUT2D eigenvalue weighted by atomic mass is 79.9. The number of ether oxygens (including phenoxy) is 1. The zero-order chi connectivity index (χ0) is 11.7. The predicted molar refractivity (Wildman–Crippen MR) is 62.8 cm³/mol. The zero-order valence-corrected chi connectivity index (χ0v) is 10.5. The largest absolute Gasteiger partial charge is 0.496 e. The summed E-state index contributed by atoms with van der Waals surface area (Å²) in [7, 11) is 1.60. The fourth-order valence-electron chi connectivity index (χ4n) is 1.96. The molecule has 0 bridgehead atoms. The standard InChI is InChI=1S/C11H12BrNO3/c1-16-10-3-2-9(12)7-4-5-13(11(14)15)6-8(7)10/h2-3H,4-6H2,1H3,(H,14,15). The lowest BCUT2D eigenvalue weighted by molar-refractivity contribution is 0.139. The lowest BCUT2D eigenvalue weighted by atomic mass is 9.99. The molecule has 0 fully saturated rings. The Morgan fingerprint density at radius 3 is 2.88 bits per heavy atom. The molecule has 1 aromatic carbocycles. The van der Waals surface area contributed by atoms with Gasteiger partial charge in [-0.1, -0.05) is 15.9 Å². The van der Waals surface area contributed by atoms with Crippen LogP contribution in [0.15, 0.2) is 16.6 Å². The minimum absolute atomic E-state index is 0.396. The summed E-state index contributed by atoms with van der Waals surface area (Å²) in [5.41, 5.74) is 2.11. The third-order valence-corrected chi connectivity index (χ3v) is 3.55. The van der Waals surface area contributed by atoms with Gasteiger partial charge in [-0.2, -0.15) is 0 Å². The second-order valence-electron chi connectivity index (χ2n) is 3.66. The van der Waals surface area contributed by atoms with Crippen LogP contribution in [0.3, 0.4) is 0 Å². The van der Waals surface area contributed by atoms with Crippen molar-refractivity contribution in [1.82, 2.24) is 4.90 Å². The molecule has 5 heteroatoms. The summed E-state index contributed by atoms with van der Waals surface area (Å²) in [5.74, 6) is 0.754. The highest BCUT2D eigenvalue weighted by molar-refractivity contribution is 9.10. The van der Waals surface area contributed by atoms with Crippen molar-refractivity contribution in [3.05, 3.63) is 27.7 Å². The van der Waals surface area contributed by atoms with Gasteiger partial charge >= 0.3 is 6.09 Å². The van der Waals surface area contributed by atoms with Gasteiger partial charge in [-0.15, -0.1) is 0 Å². The Bertz CT molecular complexity index is 433. The summed E-state index contributed by atoms with van der Waals surface area (Å²) in [6.45, 7) is 0.932. The van der Waals surface area contributed by atoms with Gasteiger partial charge in [0.05, 0.1) is 13.7 Å². The Labute approximate surface area is 102 Å². The molecule has 0 aliphatic carbocycles. The molecular formula is C11H12BrNO3. The molecule has 0 radical (unpaired) electrons. The van der Waals surface area contributed by atoms with Gasteiger partial charge in [0.1, 0.15) is 5.75 Å². The fraction of sp³-hybridized carbons (Fsp3) is 0.364. The quantitative estimate of drug-likeness (QED) is 0.863. The third kappa shape index (κ3) is 1.87. The van der Waals surface area contributed by atoms with Crippen LogP contribution in [0, 0.1) is 0 Å². The van der Waals surface area contributed by atoms with Gasteiger partial charge in [-0.3, -0.25) is 0 Å². The second-order valence-corrected chi connectivity index (χ2v) is 4.52. The molecule has 1 amide bonds. The molecule has 1 aliphatic rings. The summed E-state index contributed by atoms with van der Waals surface area (Å²) >= 11 is 3.48. The van der Waals surface area contributed by atoms with Gasteiger partial charge in [-0.25, -0.2) is 4.79 Å². The molecule has 0 unspecified atom stereocenters. The minimum atomic E-state index is -0.882. The van der Waals surface area contributed by atoms with E-state index in [-0.39, 0.29) is 0 Å². The molecule has 0 spiro atoms. The van der Waals surface area contributed by atoms with E-state index < -0.39 is 6.09 Å². The van der Waals surface area contributed by atoms with Gasteiger partial charge in [-0.05, 0) is 24.1 Å². The molecule has 4 nitrogen and oxygen atoms in total. The first-order valence-corrected chi connectivity index (χ1v) is 5.75. The van der Waals surface area contributed by atoms with E-state index in [0.717, 1.165) is 27.8 Å². The zero-order valence-electron chi connectivity index (χ0n) is 8.86. The number of nitrogens with zero attached hydrogens (tertiary/aromatic N) is 1. The second kappa shape index (κ2) is 4.33. The first-order chi connectivity index (χ1) is 7.63. The Hall–Kier alpha value is -1.23. The highest BCUT2D eigenvalue weighted by Gasteiger charge is 2.24. The fourth-order valence-corrected chi connectivity index (χ4v) is 2.53. The van der Waals surface area contributed by atoms with Crippen molar-refractivity contribution < 1.29 is 14.6 Å². The number of fused-ring (bicyclic) bond motifs is 1. The van der Waals surface area contributed by atoms with E-state index >= 15 is 0 Å². The first-order valence-electron chi connectivity index (χ1n) is 4.95. The summed E-state index contributed by atoms with van der Waals surface area (Å²) in [6.07, 6.45) is -0.160. The van der Waals surface area contributed by atoms with Crippen molar-refractivity contribution in [2.75, 3.05) is 13.7 Å². The Morgan fingerprint density at radius 2 is 2.25 bits per heavy atom. The Kier molecular flexibility index (Phi) is 3.05. The van der Waals surface area contributed by atoms with E-state index in [9.17, 15) is 4.79 Å². The van der Waals surface area contributed by atoms with E-state index in [2.05, 4.69) is 15.9 Å². The van der Waals surface area contributed by atoms with E-state index in [1.807, 2.05) is 12.1 Å². The molecular weight excluding hydrogens is 274 g/mol. The van der Waals surface area contributed by atoms with Crippen molar-refractivity contribution in [3.8, 4) is 5.75 Å². The van der Waals surface area contributed by atoms with Crippen LogP contribution in [0.25, 0.3) is 0 Å². The molecule has 1 aliphatic heterocycles. The van der Waals surface area contributed by atoms with Crippen molar-refractivity contribution in [2.45, 2.75) is 13.0 Å². The minimum Gasteiger partial charge on any atom is -0.496 e. The number of halogens is 1. The van der Waals surface area contributed by atoms with Gasteiger partial charge in [0, 0.05) is 16.6 Å². The van der Waals surface area contributed by atoms with Crippen LogP contribution in [-0.2, 0) is 13.0 Å². The van der Waals surface area contributed by atoms with Crippen LogP contribution in [0.1, 0.15) is 11.1 Å². The summed E-state index contributed by atoms with van der Waals surface area (Å²) in [6, 6.07) is 3.79. The number of methoxy groups -OCH3 is 1. The normalized spacial score (nSPS) is 14.5. The predicted octanol–water partition coefficient (Wildman–Crippen LogP) is 2.49. The lowest BCUT2D eigenvalue weighted by Crippen LogP contribution is -2.35. The summed E-state index contributed by atoms with van der Waals surface area (Å²) < 4.78 is 6.28. The molecule has 1 heterocycles. The molecule has 0 saturated carbocycles.